The van der Waals surface area contributed by atoms with E-state index in [0.29, 0.717) is 38.5 Å². The molecule has 33 heavy (non-hydrogen) atoms. The highest BCUT2D eigenvalue weighted by Crippen LogP contribution is 2.41. The molecule has 2 aliphatic heterocycles. The summed E-state index contributed by atoms with van der Waals surface area (Å²) in [7, 11) is 0. The van der Waals surface area contributed by atoms with Crippen LogP contribution in [0, 0.1) is 17.2 Å². The molecule has 1 saturated heterocycles. The molecule has 2 fully saturated rings. The highest BCUT2D eigenvalue weighted by molar-refractivity contribution is 5.99. The van der Waals surface area contributed by atoms with Gasteiger partial charge in [0.15, 0.2) is 5.76 Å². The van der Waals surface area contributed by atoms with Gasteiger partial charge in [0.25, 0.3) is 11.8 Å². The SMILES string of the molecule is N#CC1=C(N2CCN(C(=O)c3ccco3)CC2)C2CCCCC2N(Cc2ccncc2)C1=O. The number of nitrogens with zero attached hydrogens (tertiary/aromatic N) is 5. The summed E-state index contributed by atoms with van der Waals surface area (Å²) in [6.07, 6.45) is 9.06. The van der Waals surface area contributed by atoms with E-state index in [1.54, 1.807) is 29.4 Å². The molecule has 170 valence electrons. The average Bonchev–Trinajstić information content (AvgIpc) is 3.41. The third-order valence-electron chi connectivity index (χ3n) is 7.07. The molecule has 2 aromatic heterocycles. The minimum Gasteiger partial charge on any atom is -0.459 e. The summed E-state index contributed by atoms with van der Waals surface area (Å²) in [5, 5.41) is 10.0. The van der Waals surface area contributed by atoms with E-state index >= 15 is 0 Å². The molecule has 3 aliphatic rings. The number of hydrogen-bond donors (Lipinski definition) is 0. The first-order valence-electron chi connectivity index (χ1n) is 11.6. The fraction of sp³-hybridized carbons (Fsp3) is 0.440. The zero-order valence-corrected chi connectivity index (χ0v) is 18.5. The van der Waals surface area contributed by atoms with Crippen molar-refractivity contribution >= 4 is 11.8 Å². The van der Waals surface area contributed by atoms with Crippen LogP contribution in [-0.2, 0) is 11.3 Å². The highest BCUT2D eigenvalue weighted by Gasteiger charge is 2.45. The van der Waals surface area contributed by atoms with E-state index in [2.05, 4.69) is 16.0 Å². The maximum absolute atomic E-state index is 13.5. The third kappa shape index (κ3) is 3.99. The van der Waals surface area contributed by atoms with Gasteiger partial charge in [0.05, 0.1) is 6.26 Å². The highest BCUT2D eigenvalue weighted by atomic mass is 16.3. The number of furan rings is 1. The molecule has 1 saturated carbocycles. The second-order valence-electron chi connectivity index (χ2n) is 8.88. The number of aromatic nitrogens is 1. The van der Waals surface area contributed by atoms with Gasteiger partial charge in [-0.3, -0.25) is 14.6 Å². The Morgan fingerprint density at radius 2 is 1.88 bits per heavy atom. The number of rotatable bonds is 4. The zero-order valence-electron chi connectivity index (χ0n) is 18.5. The molecule has 8 nitrogen and oxygen atoms in total. The van der Waals surface area contributed by atoms with Gasteiger partial charge in [-0.15, -0.1) is 0 Å². The fourth-order valence-corrected chi connectivity index (χ4v) is 5.47. The second-order valence-corrected chi connectivity index (χ2v) is 8.88. The predicted octanol–water partition coefficient (Wildman–Crippen LogP) is 2.81. The maximum atomic E-state index is 13.5. The molecule has 2 aromatic rings. The number of carbonyl (C=O) groups is 2. The van der Waals surface area contributed by atoms with Gasteiger partial charge < -0.3 is 19.1 Å². The molecule has 4 heterocycles. The van der Waals surface area contributed by atoms with Gasteiger partial charge in [0.1, 0.15) is 11.6 Å². The normalized spacial score (nSPS) is 23.4. The molecular formula is C25H27N5O3. The second kappa shape index (κ2) is 9.10. The summed E-state index contributed by atoms with van der Waals surface area (Å²) >= 11 is 0. The summed E-state index contributed by atoms with van der Waals surface area (Å²) < 4.78 is 5.26. The Hall–Kier alpha value is -3.60. The lowest BCUT2D eigenvalue weighted by molar-refractivity contribution is -0.133. The smallest absolute Gasteiger partial charge is 0.289 e. The van der Waals surface area contributed by atoms with E-state index in [4.69, 9.17) is 4.42 Å². The molecule has 0 N–H and O–H groups in total. The molecule has 8 heteroatoms. The average molecular weight is 446 g/mol. The lowest BCUT2D eigenvalue weighted by atomic mass is 9.76. The van der Waals surface area contributed by atoms with Crippen LogP contribution in [0.4, 0.5) is 0 Å². The molecule has 0 radical (unpaired) electrons. The first-order chi connectivity index (χ1) is 16.2. The Kier molecular flexibility index (Phi) is 5.86. The quantitative estimate of drug-likeness (QED) is 0.718. The number of carbonyl (C=O) groups excluding carboxylic acids is 2. The topological polar surface area (TPSA) is 93.7 Å². The number of hydrogen-bond acceptors (Lipinski definition) is 6. The summed E-state index contributed by atoms with van der Waals surface area (Å²) in [5.74, 6) is 0.196. The standard InChI is InChI=1S/C25H27N5O3/c26-16-20-23(28-11-13-29(14-12-28)25(32)22-6-3-15-33-22)19-4-1-2-5-21(19)30(24(20)31)17-18-7-9-27-10-8-18/h3,6-10,15,19,21H,1-2,4-5,11-14,17H2. The van der Waals surface area contributed by atoms with E-state index in [1.807, 2.05) is 17.0 Å². The maximum Gasteiger partial charge on any atom is 0.289 e. The first-order valence-corrected chi connectivity index (χ1v) is 11.6. The third-order valence-corrected chi connectivity index (χ3v) is 7.07. The lowest BCUT2D eigenvalue weighted by Crippen LogP contribution is -2.56. The van der Waals surface area contributed by atoms with Crippen molar-refractivity contribution < 1.29 is 14.0 Å². The Morgan fingerprint density at radius 3 is 2.58 bits per heavy atom. The first kappa shape index (κ1) is 21.3. The minimum atomic E-state index is -0.179. The van der Waals surface area contributed by atoms with Gasteiger partial charge in [0, 0.05) is 62.8 Å². The van der Waals surface area contributed by atoms with Crippen LogP contribution in [0.2, 0.25) is 0 Å². The molecule has 2 unspecified atom stereocenters. The van der Waals surface area contributed by atoms with Crippen LogP contribution in [0.3, 0.4) is 0 Å². The van der Waals surface area contributed by atoms with E-state index < -0.39 is 0 Å². The monoisotopic (exact) mass is 445 g/mol. The predicted molar refractivity (Wildman–Crippen MR) is 119 cm³/mol. The Morgan fingerprint density at radius 1 is 1.12 bits per heavy atom. The number of fused-ring (bicyclic) bond motifs is 1. The molecule has 2 amide bonds. The Bertz CT molecular complexity index is 1080. The molecular weight excluding hydrogens is 418 g/mol. The summed E-state index contributed by atoms with van der Waals surface area (Å²) in [6, 6.07) is 9.57. The summed E-state index contributed by atoms with van der Waals surface area (Å²) in [4.78, 5) is 36.1. The van der Waals surface area contributed by atoms with Gasteiger partial charge in [-0.2, -0.15) is 5.26 Å². The van der Waals surface area contributed by atoms with Crippen molar-refractivity contribution in [3.05, 3.63) is 65.5 Å². The Labute approximate surface area is 193 Å². The molecule has 5 rings (SSSR count). The van der Waals surface area contributed by atoms with Gasteiger partial charge in [-0.1, -0.05) is 12.8 Å². The van der Waals surface area contributed by atoms with Crippen molar-refractivity contribution in [2.24, 2.45) is 5.92 Å². The summed E-state index contributed by atoms with van der Waals surface area (Å²) in [6.45, 7) is 2.77. The number of amides is 2. The van der Waals surface area contributed by atoms with Gasteiger partial charge in [-0.25, -0.2) is 0 Å². The van der Waals surface area contributed by atoms with E-state index in [0.717, 1.165) is 36.9 Å². The number of nitriles is 1. The van der Waals surface area contributed by atoms with Gasteiger partial charge >= 0.3 is 0 Å². The molecule has 2 atom stereocenters. The molecule has 0 aromatic carbocycles. The number of pyridine rings is 1. The zero-order chi connectivity index (χ0) is 22.8. The van der Waals surface area contributed by atoms with Crippen LogP contribution in [-0.4, -0.2) is 63.7 Å². The van der Waals surface area contributed by atoms with Gasteiger partial charge in [-0.05, 0) is 42.7 Å². The molecule has 0 spiro atoms. The lowest BCUT2D eigenvalue weighted by Gasteiger charge is -2.49. The minimum absolute atomic E-state index is 0.0919. The van der Waals surface area contributed by atoms with Crippen molar-refractivity contribution in [3.63, 3.8) is 0 Å². The van der Waals surface area contributed by atoms with Crippen molar-refractivity contribution in [3.8, 4) is 6.07 Å². The van der Waals surface area contributed by atoms with Crippen LogP contribution in [0.25, 0.3) is 0 Å². The Balaban J connectivity index is 1.39. The van der Waals surface area contributed by atoms with E-state index in [-0.39, 0.29) is 29.3 Å². The number of piperazine rings is 1. The van der Waals surface area contributed by atoms with Crippen LogP contribution < -0.4 is 0 Å². The van der Waals surface area contributed by atoms with Crippen LogP contribution in [0.1, 0.15) is 41.8 Å². The van der Waals surface area contributed by atoms with Crippen LogP contribution in [0.5, 0.6) is 0 Å². The largest absolute Gasteiger partial charge is 0.459 e. The van der Waals surface area contributed by atoms with Crippen molar-refractivity contribution in [2.75, 3.05) is 26.2 Å². The van der Waals surface area contributed by atoms with E-state index in [1.165, 1.54) is 6.26 Å². The molecule has 1 aliphatic carbocycles. The van der Waals surface area contributed by atoms with Crippen molar-refractivity contribution in [2.45, 2.75) is 38.3 Å². The van der Waals surface area contributed by atoms with Crippen molar-refractivity contribution in [1.29, 1.82) is 5.26 Å². The van der Waals surface area contributed by atoms with Crippen molar-refractivity contribution in [1.82, 2.24) is 19.7 Å². The fourth-order valence-electron chi connectivity index (χ4n) is 5.47. The van der Waals surface area contributed by atoms with Gasteiger partial charge in [0.2, 0.25) is 0 Å². The molecule has 0 bridgehead atoms. The van der Waals surface area contributed by atoms with Crippen LogP contribution >= 0.6 is 0 Å². The summed E-state index contributed by atoms with van der Waals surface area (Å²) in [5.41, 5.74) is 2.18. The van der Waals surface area contributed by atoms with Crippen LogP contribution in [0.15, 0.2) is 58.6 Å². The van der Waals surface area contributed by atoms with E-state index in [9.17, 15) is 14.9 Å².